The summed E-state index contributed by atoms with van der Waals surface area (Å²) in [6.45, 7) is 7.77. The molecule has 3 atom stereocenters. The number of rotatable bonds is 5. The molecule has 0 radical (unpaired) electrons. The molecule has 0 saturated heterocycles. The predicted molar refractivity (Wildman–Crippen MR) is 67.6 cm³/mol. The van der Waals surface area contributed by atoms with Crippen molar-refractivity contribution in [3.05, 3.63) is 0 Å². The van der Waals surface area contributed by atoms with E-state index < -0.39 is 10.8 Å². The molecule has 0 bridgehead atoms. The zero-order valence-electron chi connectivity index (χ0n) is 10.5. The quantitative estimate of drug-likeness (QED) is 0.787. The van der Waals surface area contributed by atoms with Crippen LogP contribution < -0.4 is 5.32 Å². The Morgan fingerprint density at radius 1 is 1.53 bits per heavy atom. The first-order valence-corrected chi connectivity index (χ1v) is 7.58. The van der Waals surface area contributed by atoms with E-state index in [9.17, 15) is 4.21 Å². The highest BCUT2D eigenvalue weighted by Gasteiger charge is 2.30. The van der Waals surface area contributed by atoms with Crippen molar-refractivity contribution >= 4 is 10.8 Å². The molecule has 1 aliphatic carbocycles. The Hall–Kier alpha value is 0.110. The summed E-state index contributed by atoms with van der Waals surface area (Å²) in [5.74, 6) is 0. The molecule has 1 saturated carbocycles. The Balaban J connectivity index is 2.14. The van der Waals surface area contributed by atoms with Gasteiger partial charge in [0.1, 0.15) is 0 Å². The van der Waals surface area contributed by atoms with E-state index in [-0.39, 0.29) is 0 Å². The second-order valence-electron chi connectivity index (χ2n) is 5.66. The molecule has 1 aliphatic rings. The van der Waals surface area contributed by atoms with Crippen LogP contribution >= 0.6 is 0 Å². The maximum atomic E-state index is 11.2. The molecular weight excluding hydrogens is 206 g/mol. The lowest BCUT2D eigenvalue weighted by Gasteiger charge is -2.18. The number of hydrogen-bond donors (Lipinski definition) is 1. The number of hydrogen-bond acceptors (Lipinski definition) is 2. The lowest BCUT2D eigenvalue weighted by molar-refractivity contribution is 0.364. The molecule has 0 aromatic carbocycles. The van der Waals surface area contributed by atoms with Gasteiger partial charge in [-0.3, -0.25) is 4.21 Å². The summed E-state index contributed by atoms with van der Waals surface area (Å²) in [4.78, 5) is 0. The summed E-state index contributed by atoms with van der Waals surface area (Å²) in [7, 11) is -0.669. The summed E-state index contributed by atoms with van der Waals surface area (Å²) in [6.07, 6.45) is 6.75. The van der Waals surface area contributed by atoms with Crippen LogP contribution in [0.3, 0.4) is 0 Å². The van der Waals surface area contributed by atoms with Gasteiger partial charge in [0.2, 0.25) is 0 Å². The van der Waals surface area contributed by atoms with Gasteiger partial charge in [0.15, 0.2) is 0 Å². The summed E-state index contributed by atoms with van der Waals surface area (Å²) in [6, 6.07) is 0.692. The third kappa shape index (κ3) is 4.64. The second-order valence-corrected chi connectivity index (χ2v) is 7.46. The van der Waals surface area contributed by atoms with E-state index in [1.54, 1.807) is 6.26 Å². The molecule has 1 rings (SSSR count). The molecule has 0 aliphatic heterocycles. The van der Waals surface area contributed by atoms with Crippen LogP contribution in [0.25, 0.3) is 0 Å². The first kappa shape index (κ1) is 13.2. The summed E-state index contributed by atoms with van der Waals surface area (Å²) in [5, 5.41) is 3.91. The van der Waals surface area contributed by atoms with Crippen LogP contribution in [0.1, 0.15) is 46.5 Å². The molecule has 3 unspecified atom stereocenters. The largest absolute Gasteiger partial charge is 0.314 e. The maximum Gasteiger partial charge on any atom is 0.0329 e. The number of nitrogens with one attached hydrogen (secondary N) is 1. The monoisotopic (exact) mass is 231 g/mol. The molecule has 90 valence electrons. The topological polar surface area (TPSA) is 29.1 Å². The van der Waals surface area contributed by atoms with Crippen LogP contribution in [0.2, 0.25) is 0 Å². The van der Waals surface area contributed by atoms with Gasteiger partial charge in [-0.05, 0) is 37.6 Å². The highest BCUT2D eigenvalue weighted by molar-refractivity contribution is 7.84. The first-order chi connectivity index (χ1) is 6.91. The van der Waals surface area contributed by atoms with Crippen LogP contribution in [0.15, 0.2) is 0 Å². The van der Waals surface area contributed by atoms with Gasteiger partial charge in [-0.25, -0.2) is 0 Å². The van der Waals surface area contributed by atoms with Crippen LogP contribution in [0.4, 0.5) is 0 Å². The molecule has 0 aromatic heterocycles. The maximum absolute atomic E-state index is 11.2. The zero-order valence-corrected chi connectivity index (χ0v) is 11.3. The third-order valence-corrected chi connectivity index (χ3v) is 4.89. The Bertz CT molecular complexity index is 228. The van der Waals surface area contributed by atoms with Crippen molar-refractivity contribution in [3.8, 4) is 0 Å². The minimum absolute atomic E-state index is 0.326. The molecule has 0 aromatic rings. The van der Waals surface area contributed by atoms with E-state index >= 15 is 0 Å². The first-order valence-electron chi connectivity index (χ1n) is 5.96. The van der Waals surface area contributed by atoms with Crippen LogP contribution in [0, 0.1) is 5.41 Å². The molecular formula is C12H25NOS. The van der Waals surface area contributed by atoms with E-state index in [4.69, 9.17) is 0 Å². The van der Waals surface area contributed by atoms with Crippen LogP contribution in [-0.4, -0.2) is 28.3 Å². The smallest absolute Gasteiger partial charge is 0.0329 e. The molecule has 3 heteroatoms. The van der Waals surface area contributed by atoms with E-state index in [0.29, 0.717) is 16.7 Å². The Morgan fingerprint density at radius 3 is 2.67 bits per heavy atom. The molecule has 1 fully saturated rings. The van der Waals surface area contributed by atoms with Gasteiger partial charge < -0.3 is 5.32 Å². The molecule has 0 amide bonds. The van der Waals surface area contributed by atoms with Gasteiger partial charge >= 0.3 is 0 Å². The fraction of sp³-hybridized carbons (Fsp3) is 1.00. The third-order valence-electron chi connectivity index (χ3n) is 3.52. The van der Waals surface area contributed by atoms with Gasteiger partial charge in [-0.2, -0.15) is 0 Å². The van der Waals surface area contributed by atoms with Crippen LogP contribution in [-0.2, 0) is 10.8 Å². The van der Waals surface area contributed by atoms with E-state index in [2.05, 4.69) is 26.1 Å². The average molecular weight is 231 g/mol. The van der Waals surface area contributed by atoms with Gasteiger partial charge in [0, 0.05) is 28.3 Å². The highest BCUT2D eigenvalue weighted by Crippen LogP contribution is 2.36. The summed E-state index contributed by atoms with van der Waals surface area (Å²) >= 11 is 0. The van der Waals surface area contributed by atoms with Crippen molar-refractivity contribution in [2.75, 3.05) is 12.8 Å². The van der Waals surface area contributed by atoms with Gasteiger partial charge in [0.25, 0.3) is 0 Å². The lowest BCUT2D eigenvalue weighted by atomic mass is 9.92. The van der Waals surface area contributed by atoms with E-state index in [0.717, 1.165) is 13.0 Å². The lowest BCUT2D eigenvalue weighted by Crippen LogP contribution is -2.30. The summed E-state index contributed by atoms with van der Waals surface area (Å²) in [5.41, 5.74) is 0.525. The van der Waals surface area contributed by atoms with Crippen molar-refractivity contribution in [2.45, 2.75) is 57.7 Å². The van der Waals surface area contributed by atoms with Crippen molar-refractivity contribution in [1.82, 2.24) is 5.32 Å². The minimum Gasteiger partial charge on any atom is -0.314 e. The molecule has 1 N–H and O–H groups in total. The molecule has 2 nitrogen and oxygen atoms in total. The molecule has 15 heavy (non-hydrogen) atoms. The van der Waals surface area contributed by atoms with E-state index in [1.807, 2.05) is 0 Å². The normalized spacial score (nSPS) is 28.9. The fourth-order valence-electron chi connectivity index (χ4n) is 2.27. The van der Waals surface area contributed by atoms with Crippen molar-refractivity contribution < 1.29 is 4.21 Å². The summed E-state index contributed by atoms with van der Waals surface area (Å²) < 4.78 is 11.2. The van der Waals surface area contributed by atoms with Gasteiger partial charge in [-0.15, -0.1) is 0 Å². The predicted octanol–water partition coefficient (Wildman–Crippen LogP) is 2.31. The second kappa shape index (κ2) is 5.44. The van der Waals surface area contributed by atoms with Gasteiger partial charge in [-0.1, -0.05) is 20.8 Å². The molecule has 0 heterocycles. The van der Waals surface area contributed by atoms with Gasteiger partial charge in [0.05, 0.1) is 0 Å². The minimum atomic E-state index is -0.669. The Morgan fingerprint density at radius 2 is 2.20 bits per heavy atom. The zero-order chi connectivity index (χ0) is 11.5. The van der Waals surface area contributed by atoms with E-state index in [1.165, 1.54) is 19.3 Å². The SMILES string of the molecule is CC(CCNC1CCC(C)(C)C1)S(C)=O. The molecule has 0 spiro atoms. The Labute approximate surface area is 96.7 Å². The van der Waals surface area contributed by atoms with Crippen molar-refractivity contribution in [2.24, 2.45) is 5.41 Å². The van der Waals surface area contributed by atoms with Crippen molar-refractivity contribution in [1.29, 1.82) is 0 Å². The fourth-order valence-corrected chi connectivity index (χ4v) is 2.72. The van der Waals surface area contributed by atoms with Crippen LogP contribution in [0.5, 0.6) is 0 Å². The highest BCUT2D eigenvalue weighted by atomic mass is 32.2. The standard InChI is InChI=1S/C12H25NOS/c1-10(15(4)14)6-8-13-11-5-7-12(2,3)9-11/h10-11,13H,5-9H2,1-4H3. The van der Waals surface area contributed by atoms with Crippen molar-refractivity contribution in [3.63, 3.8) is 0 Å². The Kier molecular flexibility index (Phi) is 4.78. The average Bonchev–Trinajstić information content (AvgIpc) is 2.45.